The molecule has 0 aliphatic carbocycles. The molecule has 3 aromatic carbocycles. The van der Waals surface area contributed by atoms with Gasteiger partial charge in [0, 0.05) is 43.3 Å². The lowest BCUT2D eigenvalue weighted by molar-refractivity contribution is 0.194. The van der Waals surface area contributed by atoms with Crippen LogP contribution in [0.1, 0.15) is 28.6 Å². The average Bonchev–Trinajstić information content (AvgIpc) is 3.54. The van der Waals surface area contributed by atoms with Gasteiger partial charge in [0.1, 0.15) is 11.6 Å². The predicted molar refractivity (Wildman–Crippen MR) is 158 cm³/mol. The Hall–Kier alpha value is -4.98. The summed E-state index contributed by atoms with van der Waals surface area (Å²) in [6, 6.07) is 29.5. The molecule has 2 amide bonds. The van der Waals surface area contributed by atoms with E-state index < -0.39 is 0 Å². The fourth-order valence-electron chi connectivity index (χ4n) is 5.35. The molecule has 8 heteroatoms. The third-order valence-corrected chi connectivity index (χ3v) is 7.39. The van der Waals surface area contributed by atoms with Gasteiger partial charge in [-0.1, -0.05) is 36.4 Å². The minimum atomic E-state index is -0.340. The zero-order chi connectivity index (χ0) is 27.8. The summed E-state index contributed by atoms with van der Waals surface area (Å²) >= 11 is 0. The minimum absolute atomic E-state index is 0.206. The number of carbonyl (C=O) groups excluding carboxylic acids is 1. The maximum atomic E-state index is 14.1. The molecule has 1 atom stereocenters. The molecule has 0 radical (unpaired) electrons. The summed E-state index contributed by atoms with van der Waals surface area (Å²) in [4.78, 5) is 18.1. The number of aryl methyl sites for hydroxylation is 1. The highest BCUT2D eigenvalue weighted by Gasteiger charge is 2.36. The van der Waals surface area contributed by atoms with Gasteiger partial charge in [0.25, 0.3) is 0 Å². The van der Waals surface area contributed by atoms with Crippen LogP contribution in [0.4, 0.5) is 16.2 Å². The molecule has 40 heavy (non-hydrogen) atoms. The summed E-state index contributed by atoms with van der Waals surface area (Å²) in [6.07, 6.45) is 2.05. The zero-order valence-electron chi connectivity index (χ0n) is 23.1. The second kappa shape index (κ2) is 10.3. The lowest BCUT2D eigenvalue weighted by Crippen LogP contribution is -2.38. The highest BCUT2D eigenvalue weighted by atomic mass is 16.5. The Morgan fingerprint density at radius 1 is 0.975 bits per heavy atom. The van der Waals surface area contributed by atoms with Gasteiger partial charge in [-0.3, -0.25) is 0 Å². The van der Waals surface area contributed by atoms with Gasteiger partial charge in [0.05, 0.1) is 36.8 Å². The molecule has 0 spiro atoms. The summed E-state index contributed by atoms with van der Waals surface area (Å²) in [5.74, 6) is 1.62. The first-order valence-electron chi connectivity index (χ1n) is 13.2. The van der Waals surface area contributed by atoms with Gasteiger partial charge in [0.2, 0.25) is 0 Å². The first-order valence-corrected chi connectivity index (χ1v) is 13.2. The third-order valence-electron chi connectivity index (χ3n) is 7.39. The number of fused-ring (bicyclic) bond motifs is 3. The summed E-state index contributed by atoms with van der Waals surface area (Å²) in [5.41, 5.74) is 6.60. The quantitative estimate of drug-likeness (QED) is 0.293. The van der Waals surface area contributed by atoms with E-state index in [1.165, 1.54) is 0 Å². The second-order valence-corrected chi connectivity index (χ2v) is 10.1. The van der Waals surface area contributed by atoms with E-state index in [1.807, 2.05) is 91.3 Å². The fraction of sp³-hybridized carbons (Fsp3) is 0.188. The lowest BCUT2D eigenvalue weighted by Gasteiger charge is -2.31. The number of urea groups is 1. The molecule has 0 saturated carbocycles. The van der Waals surface area contributed by atoms with Gasteiger partial charge in [-0.15, -0.1) is 0 Å². The first kappa shape index (κ1) is 25.3. The molecular weight excluding hydrogens is 500 g/mol. The Labute approximate surface area is 234 Å². The normalized spacial score (nSPS) is 14.2. The van der Waals surface area contributed by atoms with Gasteiger partial charge in [0.15, 0.2) is 0 Å². The topological polar surface area (TPSA) is 67.6 Å². The number of para-hydroxylation sites is 1. The smallest absolute Gasteiger partial charge is 0.322 e. The Morgan fingerprint density at radius 3 is 2.48 bits per heavy atom. The van der Waals surface area contributed by atoms with Crippen molar-refractivity contribution in [3.63, 3.8) is 0 Å². The largest absolute Gasteiger partial charge is 0.497 e. The van der Waals surface area contributed by atoms with Crippen molar-refractivity contribution in [3.05, 3.63) is 120 Å². The van der Waals surface area contributed by atoms with Crippen molar-refractivity contribution in [2.24, 2.45) is 0 Å². The van der Waals surface area contributed by atoms with Crippen LogP contribution in [0, 0.1) is 6.92 Å². The van der Waals surface area contributed by atoms with Crippen molar-refractivity contribution in [2.45, 2.75) is 19.5 Å². The number of anilines is 2. The van der Waals surface area contributed by atoms with E-state index >= 15 is 0 Å². The number of carbonyl (C=O) groups is 1. The van der Waals surface area contributed by atoms with Gasteiger partial charge < -0.3 is 24.4 Å². The van der Waals surface area contributed by atoms with Gasteiger partial charge >= 0.3 is 6.03 Å². The number of aromatic nitrogens is 3. The third kappa shape index (κ3) is 4.47. The molecule has 5 aromatic rings. The number of nitrogens with zero attached hydrogens (tertiary/aromatic N) is 5. The average molecular weight is 533 g/mol. The summed E-state index contributed by atoms with van der Waals surface area (Å²) in [6.45, 7) is 2.39. The van der Waals surface area contributed by atoms with E-state index in [1.54, 1.807) is 7.11 Å². The van der Waals surface area contributed by atoms with Crippen molar-refractivity contribution in [3.8, 4) is 17.3 Å². The lowest BCUT2D eigenvalue weighted by atomic mass is 10.0. The highest BCUT2D eigenvalue weighted by Crippen LogP contribution is 2.39. The van der Waals surface area contributed by atoms with Crippen LogP contribution in [0.3, 0.4) is 0 Å². The number of hydrogen-bond donors (Lipinski definition) is 1. The number of benzene rings is 3. The molecule has 0 saturated heterocycles. The van der Waals surface area contributed by atoms with Crippen molar-refractivity contribution in [1.82, 2.24) is 19.2 Å². The number of methoxy groups -OCH3 is 1. The monoisotopic (exact) mass is 532 g/mol. The van der Waals surface area contributed by atoms with Crippen LogP contribution < -0.4 is 15.0 Å². The maximum absolute atomic E-state index is 14.1. The molecule has 8 nitrogen and oxygen atoms in total. The van der Waals surface area contributed by atoms with Crippen LogP contribution in [0.15, 0.2) is 97.2 Å². The van der Waals surface area contributed by atoms with Crippen LogP contribution in [-0.2, 0) is 6.54 Å². The maximum Gasteiger partial charge on any atom is 0.322 e. The molecule has 0 fully saturated rings. The van der Waals surface area contributed by atoms with Gasteiger partial charge in [-0.2, -0.15) is 5.10 Å². The van der Waals surface area contributed by atoms with Crippen LogP contribution in [0.2, 0.25) is 0 Å². The number of ether oxygens (including phenoxy) is 1. The SMILES string of the molecule is COc1cccc(NC(=O)N2Cc3c(C)nn(-c4ccccc4)c3-n3cccc3[C@@H]2c2ccc(N(C)C)cc2)c1. The second-order valence-electron chi connectivity index (χ2n) is 10.1. The Morgan fingerprint density at radius 2 is 1.75 bits per heavy atom. The van der Waals surface area contributed by atoms with E-state index in [4.69, 9.17) is 9.84 Å². The van der Waals surface area contributed by atoms with Gasteiger partial charge in [-0.25, -0.2) is 9.48 Å². The zero-order valence-corrected chi connectivity index (χ0v) is 23.1. The molecule has 1 aliphatic heterocycles. The molecule has 0 unspecified atom stereocenters. The van der Waals surface area contributed by atoms with Crippen molar-refractivity contribution < 1.29 is 9.53 Å². The predicted octanol–water partition coefficient (Wildman–Crippen LogP) is 6.18. The van der Waals surface area contributed by atoms with E-state index in [2.05, 4.69) is 51.3 Å². The number of amides is 2. The van der Waals surface area contributed by atoms with E-state index in [-0.39, 0.29) is 12.1 Å². The standard InChI is InChI=1S/C32H32N6O2/c1-22-28-21-37(32(39)33-24-10-8-13-27(20-24)40-4)30(23-15-17-25(18-16-23)35(2)3)29-14-9-19-36(29)31(28)38(34-22)26-11-6-5-7-12-26/h5-20,30H,21H2,1-4H3,(H,33,39)/t30-/m0/s1. The molecule has 2 aromatic heterocycles. The van der Waals surface area contributed by atoms with Crippen LogP contribution >= 0.6 is 0 Å². The Balaban J connectivity index is 1.51. The van der Waals surface area contributed by atoms with Crippen molar-refractivity contribution >= 4 is 17.4 Å². The Bertz CT molecular complexity index is 1650. The Kier molecular flexibility index (Phi) is 6.51. The van der Waals surface area contributed by atoms with E-state index in [9.17, 15) is 4.79 Å². The molecule has 3 heterocycles. The molecule has 6 rings (SSSR count). The van der Waals surface area contributed by atoms with Crippen molar-refractivity contribution in [2.75, 3.05) is 31.4 Å². The molecule has 1 aliphatic rings. The van der Waals surface area contributed by atoms with Crippen molar-refractivity contribution in [1.29, 1.82) is 0 Å². The highest BCUT2D eigenvalue weighted by molar-refractivity contribution is 5.90. The van der Waals surface area contributed by atoms with Crippen LogP contribution in [0.5, 0.6) is 5.75 Å². The first-order chi connectivity index (χ1) is 19.4. The summed E-state index contributed by atoms with van der Waals surface area (Å²) in [7, 11) is 5.66. The van der Waals surface area contributed by atoms with Crippen LogP contribution in [0.25, 0.3) is 11.5 Å². The summed E-state index contributed by atoms with van der Waals surface area (Å²) in [5, 5.41) is 8.04. The molecule has 202 valence electrons. The van der Waals surface area contributed by atoms with Gasteiger partial charge in [-0.05, 0) is 61.0 Å². The number of nitrogens with one attached hydrogen (secondary N) is 1. The van der Waals surface area contributed by atoms with E-state index in [0.29, 0.717) is 18.0 Å². The number of rotatable bonds is 5. The fourth-order valence-corrected chi connectivity index (χ4v) is 5.35. The summed E-state index contributed by atoms with van der Waals surface area (Å²) < 4.78 is 9.53. The molecule has 0 bridgehead atoms. The van der Waals surface area contributed by atoms with Crippen LogP contribution in [-0.4, -0.2) is 46.5 Å². The minimum Gasteiger partial charge on any atom is -0.497 e. The van der Waals surface area contributed by atoms with E-state index in [0.717, 1.165) is 39.7 Å². The number of hydrogen-bond acceptors (Lipinski definition) is 4. The molecular formula is C32H32N6O2. The molecule has 1 N–H and O–H groups in total.